The maximum absolute atomic E-state index is 14.1. The molecular formula is C25H24FNS. The number of aryl methyl sites for hydroxylation is 1. The van der Waals surface area contributed by atoms with Crippen molar-refractivity contribution in [2.24, 2.45) is 16.8 Å². The Labute approximate surface area is 172 Å². The number of hydrogen-bond acceptors (Lipinski definition) is 2. The normalized spacial score (nSPS) is 21.4. The van der Waals surface area contributed by atoms with Gasteiger partial charge in [0.25, 0.3) is 0 Å². The standard InChI is InChI=1S/C25H24FNS/c1-17-14-19(15-24(26)25(17)27-16-28)3-2-18-4-6-20(7-5-18)21-8-10-22(11-9-21)23-12-13-23/h4-7,14-15,21-23H,8-13H2,1H3. The number of halogens is 1. The first-order chi connectivity index (χ1) is 13.6. The van der Waals surface area contributed by atoms with Gasteiger partial charge in [-0.2, -0.15) is 4.99 Å². The van der Waals surface area contributed by atoms with Gasteiger partial charge in [-0.1, -0.05) is 24.0 Å². The fourth-order valence-corrected chi connectivity index (χ4v) is 4.56. The maximum Gasteiger partial charge on any atom is 0.151 e. The average Bonchev–Trinajstić information content (AvgIpc) is 3.55. The van der Waals surface area contributed by atoms with E-state index in [0.29, 0.717) is 17.0 Å². The number of isothiocyanates is 1. The summed E-state index contributed by atoms with van der Waals surface area (Å²) in [6, 6.07) is 11.8. The first-order valence-electron chi connectivity index (χ1n) is 10.1. The molecule has 2 saturated carbocycles. The third-order valence-corrected chi connectivity index (χ3v) is 6.30. The minimum atomic E-state index is -0.418. The van der Waals surface area contributed by atoms with E-state index in [0.717, 1.165) is 17.4 Å². The number of hydrogen-bond donors (Lipinski definition) is 0. The molecule has 3 heteroatoms. The first-order valence-corrected chi connectivity index (χ1v) is 10.5. The Morgan fingerprint density at radius 1 is 0.893 bits per heavy atom. The molecule has 2 aliphatic rings. The Kier molecular flexibility index (Phi) is 5.72. The van der Waals surface area contributed by atoms with Crippen LogP contribution in [0.3, 0.4) is 0 Å². The van der Waals surface area contributed by atoms with Crippen molar-refractivity contribution in [3.63, 3.8) is 0 Å². The zero-order chi connectivity index (χ0) is 19.5. The summed E-state index contributed by atoms with van der Waals surface area (Å²) in [6.45, 7) is 1.80. The second-order valence-corrected chi connectivity index (χ2v) is 8.33. The molecule has 0 aliphatic heterocycles. The molecule has 2 aromatic rings. The predicted octanol–water partition coefficient (Wildman–Crippen LogP) is 6.95. The summed E-state index contributed by atoms with van der Waals surface area (Å²) in [6.07, 6.45) is 8.36. The van der Waals surface area contributed by atoms with E-state index in [-0.39, 0.29) is 5.69 Å². The van der Waals surface area contributed by atoms with E-state index in [1.165, 1.54) is 50.2 Å². The highest BCUT2D eigenvalue weighted by Crippen LogP contribution is 2.47. The highest BCUT2D eigenvalue weighted by Gasteiger charge is 2.34. The van der Waals surface area contributed by atoms with Gasteiger partial charge in [-0.15, -0.1) is 0 Å². The van der Waals surface area contributed by atoms with Gasteiger partial charge >= 0.3 is 0 Å². The van der Waals surface area contributed by atoms with E-state index in [4.69, 9.17) is 0 Å². The van der Waals surface area contributed by atoms with E-state index < -0.39 is 5.82 Å². The van der Waals surface area contributed by atoms with Gasteiger partial charge in [0.2, 0.25) is 0 Å². The van der Waals surface area contributed by atoms with Crippen molar-refractivity contribution in [2.45, 2.75) is 51.4 Å². The molecule has 0 saturated heterocycles. The Bertz CT molecular complexity index is 941. The van der Waals surface area contributed by atoms with E-state index in [1.807, 2.05) is 6.07 Å². The zero-order valence-electron chi connectivity index (χ0n) is 16.2. The van der Waals surface area contributed by atoms with Crippen molar-refractivity contribution in [2.75, 3.05) is 0 Å². The Balaban J connectivity index is 1.43. The fraction of sp³-hybridized carbons (Fsp3) is 0.400. The number of thiocarbonyl (C=S) groups is 1. The Morgan fingerprint density at radius 3 is 2.07 bits per heavy atom. The topological polar surface area (TPSA) is 12.4 Å². The van der Waals surface area contributed by atoms with Gasteiger partial charge in [-0.25, -0.2) is 4.39 Å². The van der Waals surface area contributed by atoms with Crippen molar-refractivity contribution >= 4 is 23.1 Å². The quantitative estimate of drug-likeness (QED) is 0.314. The third-order valence-electron chi connectivity index (χ3n) is 6.21. The SMILES string of the molecule is Cc1cc(C#Cc2ccc(C3CCC(C4CC4)CC3)cc2)cc(F)c1N=C=S. The lowest BCUT2D eigenvalue weighted by atomic mass is 9.77. The van der Waals surface area contributed by atoms with Crippen molar-refractivity contribution in [1.29, 1.82) is 0 Å². The Morgan fingerprint density at radius 2 is 1.50 bits per heavy atom. The summed E-state index contributed by atoms with van der Waals surface area (Å²) in [4.78, 5) is 3.78. The molecule has 0 amide bonds. The van der Waals surface area contributed by atoms with Crippen molar-refractivity contribution in [3.05, 3.63) is 64.5 Å². The first kappa shape index (κ1) is 19.1. The summed E-state index contributed by atoms with van der Waals surface area (Å²) in [7, 11) is 0. The van der Waals surface area contributed by atoms with Crippen molar-refractivity contribution < 1.29 is 4.39 Å². The molecule has 0 radical (unpaired) electrons. The minimum Gasteiger partial charge on any atom is -0.205 e. The van der Waals surface area contributed by atoms with Crippen LogP contribution in [0.25, 0.3) is 0 Å². The molecule has 0 spiro atoms. The molecule has 28 heavy (non-hydrogen) atoms. The molecule has 0 unspecified atom stereocenters. The lowest BCUT2D eigenvalue weighted by Gasteiger charge is -2.28. The molecule has 2 fully saturated rings. The van der Waals surface area contributed by atoms with Gasteiger partial charge < -0.3 is 0 Å². The summed E-state index contributed by atoms with van der Waals surface area (Å²) in [5.41, 5.74) is 3.97. The summed E-state index contributed by atoms with van der Waals surface area (Å²) < 4.78 is 14.1. The van der Waals surface area contributed by atoms with E-state index in [1.54, 1.807) is 6.92 Å². The van der Waals surface area contributed by atoms with E-state index in [2.05, 4.69) is 58.5 Å². The zero-order valence-corrected chi connectivity index (χ0v) is 17.0. The van der Waals surface area contributed by atoms with Crippen LogP contribution in [-0.4, -0.2) is 5.16 Å². The largest absolute Gasteiger partial charge is 0.205 e. The monoisotopic (exact) mass is 389 g/mol. The second kappa shape index (κ2) is 8.39. The molecule has 0 bridgehead atoms. The summed E-state index contributed by atoms with van der Waals surface area (Å²) in [5.74, 6) is 8.52. The summed E-state index contributed by atoms with van der Waals surface area (Å²) >= 11 is 4.57. The molecule has 2 aliphatic carbocycles. The Hall–Kier alpha value is -2.27. The van der Waals surface area contributed by atoms with Crippen LogP contribution < -0.4 is 0 Å². The molecule has 142 valence electrons. The molecular weight excluding hydrogens is 365 g/mol. The molecule has 0 N–H and O–H groups in total. The number of benzene rings is 2. The number of rotatable bonds is 3. The smallest absolute Gasteiger partial charge is 0.151 e. The minimum absolute atomic E-state index is 0.237. The van der Waals surface area contributed by atoms with Gasteiger partial charge in [0, 0.05) is 11.1 Å². The van der Waals surface area contributed by atoms with Gasteiger partial charge in [-0.3, -0.25) is 0 Å². The summed E-state index contributed by atoms with van der Waals surface area (Å²) in [5, 5.41) is 2.22. The average molecular weight is 390 g/mol. The van der Waals surface area contributed by atoms with Crippen LogP contribution in [0.15, 0.2) is 41.4 Å². The molecule has 0 aromatic heterocycles. The fourth-order valence-electron chi connectivity index (χ4n) is 4.47. The van der Waals surface area contributed by atoms with Crippen LogP contribution in [0.1, 0.15) is 66.7 Å². The van der Waals surface area contributed by atoms with E-state index >= 15 is 0 Å². The number of nitrogens with zero attached hydrogens (tertiary/aromatic N) is 1. The third kappa shape index (κ3) is 4.41. The molecule has 0 heterocycles. The second-order valence-electron chi connectivity index (χ2n) is 8.15. The molecule has 4 rings (SSSR count). The van der Waals surface area contributed by atoms with Crippen LogP contribution in [0.5, 0.6) is 0 Å². The molecule has 2 aromatic carbocycles. The van der Waals surface area contributed by atoms with Crippen LogP contribution >= 0.6 is 12.2 Å². The van der Waals surface area contributed by atoms with Crippen LogP contribution in [0.4, 0.5) is 10.1 Å². The van der Waals surface area contributed by atoms with Crippen molar-refractivity contribution in [1.82, 2.24) is 0 Å². The van der Waals surface area contributed by atoms with Crippen molar-refractivity contribution in [3.8, 4) is 11.8 Å². The van der Waals surface area contributed by atoms with Crippen LogP contribution in [0, 0.1) is 36.4 Å². The number of aliphatic imine (C=N–C) groups is 1. The predicted molar refractivity (Wildman–Crippen MR) is 116 cm³/mol. The molecule has 0 atom stereocenters. The van der Waals surface area contributed by atoms with Crippen LogP contribution in [0.2, 0.25) is 0 Å². The lowest BCUT2D eigenvalue weighted by Crippen LogP contribution is -2.14. The van der Waals surface area contributed by atoms with Gasteiger partial charge in [0.05, 0.1) is 5.16 Å². The lowest BCUT2D eigenvalue weighted by molar-refractivity contribution is 0.296. The van der Waals surface area contributed by atoms with Gasteiger partial charge in [-0.05, 0) is 111 Å². The van der Waals surface area contributed by atoms with Gasteiger partial charge in [0.15, 0.2) is 5.82 Å². The molecule has 1 nitrogen and oxygen atoms in total. The van der Waals surface area contributed by atoms with Gasteiger partial charge in [0.1, 0.15) is 5.69 Å². The highest BCUT2D eigenvalue weighted by atomic mass is 32.1. The maximum atomic E-state index is 14.1. The van der Waals surface area contributed by atoms with Crippen LogP contribution in [-0.2, 0) is 0 Å². The highest BCUT2D eigenvalue weighted by molar-refractivity contribution is 7.78. The van der Waals surface area contributed by atoms with E-state index in [9.17, 15) is 4.39 Å².